The Morgan fingerprint density at radius 3 is 3.00 bits per heavy atom. The van der Waals surface area contributed by atoms with Gasteiger partial charge in [0.2, 0.25) is 0 Å². The molecule has 0 bridgehead atoms. The minimum absolute atomic E-state index is 0.919. The van der Waals surface area contributed by atoms with Gasteiger partial charge in [-0.2, -0.15) is 5.10 Å². The third-order valence-electron chi connectivity index (χ3n) is 2.90. The fourth-order valence-corrected chi connectivity index (χ4v) is 1.71. The molecule has 4 nitrogen and oxygen atoms in total. The van der Waals surface area contributed by atoms with Crippen LogP contribution >= 0.6 is 0 Å². The Labute approximate surface area is 95.7 Å². The van der Waals surface area contributed by atoms with Crippen LogP contribution in [-0.2, 0) is 20.0 Å². The molecule has 0 aromatic carbocycles. The van der Waals surface area contributed by atoms with Gasteiger partial charge in [-0.1, -0.05) is 0 Å². The first-order chi connectivity index (χ1) is 7.77. The van der Waals surface area contributed by atoms with Crippen molar-refractivity contribution in [2.75, 3.05) is 6.54 Å². The van der Waals surface area contributed by atoms with Gasteiger partial charge < -0.3 is 10.3 Å². The highest BCUT2D eigenvalue weighted by Gasteiger charge is 2.02. The number of hydrogen-bond acceptors (Lipinski definition) is 2. The summed E-state index contributed by atoms with van der Waals surface area (Å²) in [4.78, 5) is 3.05. The second kappa shape index (κ2) is 4.99. The van der Waals surface area contributed by atoms with Crippen LogP contribution in [0.4, 0.5) is 0 Å². The minimum atomic E-state index is 0.919. The summed E-state index contributed by atoms with van der Waals surface area (Å²) in [5.41, 5.74) is 3.87. The molecule has 2 aromatic rings. The summed E-state index contributed by atoms with van der Waals surface area (Å²) in [6, 6.07) is 2.09. The van der Waals surface area contributed by atoms with Gasteiger partial charge in [-0.05, 0) is 37.1 Å². The summed E-state index contributed by atoms with van der Waals surface area (Å²) in [6.45, 7) is 4.01. The van der Waals surface area contributed by atoms with E-state index in [-0.39, 0.29) is 0 Å². The average Bonchev–Trinajstić information content (AvgIpc) is 2.88. The lowest BCUT2D eigenvalue weighted by molar-refractivity contribution is 0.683. The van der Waals surface area contributed by atoms with Crippen molar-refractivity contribution in [1.82, 2.24) is 20.1 Å². The Bertz CT molecular complexity index is 428. The zero-order chi connectivity index (χ0) is 11.4. The van der Waals surface area contributed by atoms with Gasteiger partial charge >= 0.3 is 0 Å². The zero-order valence-electron chi connectivity index (χ0n) is 9.83. The van der Waals surface area contributed by atoms with Crippen molar-refractivity contribution in [2.45, 2.75) is 19.9 Å². The minimum Gasteiger partial charge on any atom is -0.367 e. The van der Waals surface area contributed by atoms with E-state index in [1.165, 1.54) is 16.8 Å². The van der Waals surface area contributed by atoms with Gasteiger partial charge in [-0.15, -0.1) is 0 Å². The predicted octanol–water partition coefficient (Wildman–Crippen LogP) is 1.39. The van der Waals surface area contributed by atoms with Crippen LogP contribution in [0.1, 0.15) is 16.8 Å². The second-order valence-electron chi connectivity index (χ2n) is 4.02. The van der Waals surface area contributed by atoms with Crippen molar-refractivity contribution in [1.29, 1.82) is 0 Å². The van der Waals surface area contributed by atoms with Crippen LogP contribution in [0.25, 0.3) is 0 Å². The van der Waals surface area contributed by atoms with Crippen molar-refractivity contribution < 1.29 is 0 Å². The molecule has 2 rings (SSSR count). The van der Waals surface area contributed by atoms with E-state index in [1.54, 1.807) is 0 Å². The van der Waals surface area contributed by atoms with Gasteiger partial charge in [-0.3, -0.25) is 4.68 Å². The molecule has 0 atom stereocenters. The third kappa shape index (κ3) is 2.52. The molecule has 0 fully saturated rings. The van der Waals surface area contributed by atoms with Gasteiger partial charge in [0.25, 0.3) is 0 Å². The summed E-state index contributed by atoms with van der Waals surface area (Å²) < 4.78 is 1.92. The summed E-state index contributed by atoms with van der Waals surface area (Å²) in [5, 5.41) is 7.64. The number of nitrogens with one attached hydrogen (secondary N) is 2. The molecule has 0 saturated carbocycles. The molecule has 2 N–H and O–H groups in total. The topological polar surface area (TPSA) is 45.6 Å². The van der Waals surface area contributed by atoms with Crippen LogP contribution in [0, 0.1) is 6.92 Å². The maximum absolute atomic E-state index is 4.23. The molecule has 0 amide bonds. The predicted molar refractivity (Wildman–Crippen MR) is 64.1 cm³/mol. The largest absolute Gasteiger partial charge is 0.367 e. The number of aromatic amines is 1. The first-order valence-corrected chi connectivity index (χ1v) is 5.57. The summed E-state index contributed by atoms with van der Waals surface area (Å²) >= 11 is 0. The van der Waals surface area contributed by atoms with Gasteiger partial charge in [-0.25, -0.2) is 0 Å². The van der Waals surface area contributed by atoms with Crippen LogP contribution in [0.15, 0.2) is 24.7 Å². The van der Waals surface area contributed by atoms with Gasteiger partial charge in [0.05, 0.1) is 6.20 Å². The van der Waals surface area contributed by atoms with Crippen molar-refractivity contribution in [3.8, 4) is 0 Å². The number of hydrogen-bond donors (Lipinski definition) is 2. The fraction of sp³-hybridized carbons (Fsp3) is 0.417. The number of aromatic nitrogens is 3. The molecule has 0 aliphatic carbocycles. The molecule has 2 heterocycles. The highest BCUT2D eigenvalue weighted by molar-refractivity contribution is 5.16. The van der Waals surface area contributed by atoms with Crippen molar-refractivity contribution in [3.05, 3.63) is 41.5 Å². The molecule has 0 aliphatic rings. The Morgan fingerprint density at radius 2 is 2.38 bits per heavy atom. The van der Waals surface area contributed by atoms with Crippen molar-refractivity contribution in [3.63, 3.8) is 0 Å². The monoisotopic (exact) mass is 218 g/mol. The lowest BCUT2D eigenvalue weighted by Gasteiger charge is -2.03. The zero-order valence-corrected chi connectivity index (χ0v) is 9.83. The third-order valence-corrected chi connectivity index (χ3v) is 2.90. The van der Waals surface area contributed by atoms with Crippen molar-refractivity contribution in [2.24, 2.45) is 7.05 Å². The number of rotatable bonds is 5. The molecular formula is C12H18N4. The number of nitrogens with zero attached hydrogens (tertiary/aromatic N) is 2. The maximum atomic E-state index is 4.23. The second-order valence-corrected chi connectivity index (χ2v) is 4.02. The Hall–Kier alpha value is -1.55. The Kier molecular flexibility index (Phi) is 3.41. The van der Waals surface area contributed by atoms with E-state index >= 15 is 0 Å². The molecule has 0 saturated heterocycles. The molecule has 0 aliphatic heterocycles. The van der Waals surface area contributed by atoms with Crippen LogP contribution in [0.5, 0.6) is 0 Å². The first kappa shape index (κ1) is 11.0. The van der Waals surface area contributed by atoms with E-state index < -0.39 is 0 Å². The summed E-state index contributed by atoms with van der Waals surface area (Å²) in [6.07, 6.45) is 6.95. The standard InChI is InChI=1S/C12H18N4/c1-10-12(9-15-16(10)2)4-6-14-8-11-3-5-13-7-11/h3,5,7,9,13-14H,4,6,8H2,1-2H3. The van der Waals surface area contributed by atoms with E-state index in [0.717, 1.165) is 19.5 Å². The van der Waals surface area contributed by atoms with E-state index in [0.29, 0.717) is 0 Å². The van der Waals surface area contributed by atoms with E-state index in [4.69, 9.17) is 0 Å². The van der Waals surface area contributed by atoms with E-state index in [9.17, 15) is 0 Å². The smallest absolute Gasteiger partial charge is 0.0524 e. The Morgan fingerprint density at radius 1 is 1.50 bits per heavy atom. The highest BCUT2D eigenvalue weighted by Crippen LogP contribution is 2.05. The first-order valence-electron chi connectivity index (χ1n) is 5.57. The lowest BCUT2D eigenvalue weighted by Crippen LogP contribution is -2.16. The Balaban J connectivity index is 1.74. The lowest BCUT2D eigenvalue weighted by atomic mass is 10.2. The van der Waals surface area contributed by atoms with Crippen LogP contribution in [0.2, 0.25) is 0 Å². The molecule has 16 heavy (non-hydrogen) atoms. The maximum Gasteiger partial charge on any atom is 0.0524 e. The van der Waals surface area contributed by atoms with Gasteiger partial charge in [0, 0.05) is 31.7 Å². The molecule has 0 radical (unpaired) electrons. The molecular weight excluding hydrogens is 200 g/mol. The van der Waals surface area contributed by atoms with Crippen LogP contribution in [-0.4, -0.2) is 21.3 Å². The van der Waals surface area contributed by atoms with Gasteiger partial charge in [0.1, 0.15) is 0 Å². The van der Waals surface area contributed by atoms with Gasteiger partial charge in [0.15, 0.2) is 0 Å². The molecule has 2 aromatic heterocycles. The average molecular weight is 218 g/mol. The van der Waals surface area contributed by atoms with Crippen molar-refractivity contribution >= 4 is 0 Å². The van der Waals surface area contributed by atoms with E-state index in [1.807, 2.05) is 30.3 Å². The molecule has 0 spiro atoms. The van der Waals surface area contributed by atoms with E-state index in [2.05, 4.69) is 28.4 Å². The number of H-pyrrole nitrogens is 1. The molecule has 86 valence electrons. The van der Waals surface area contributed by atoms with Crippen LogP contribution in [0.3, 0.4) is 0 Å². The highest BCUT2D eigenvalue weighted by atomic mass is 15.3. The number of aryl methyl sites for hydroxylation is 1. The van der Waals surface area contributed by atoms with Crippen LogP contribution < -0.4 is 5.32 Å². The summed E-state index contributed by atoms with van der Waals surface area (Å²) in [7, 11) is 1.98. The fourth-order valence-electron chi connectivity index (χ4n) is 1.71. The quantitative estimate of drug-likeness (QED) is 0.745. The normalized spacial score (nSPS) is 10.9. The SMILES string of the molecule is Cc1c(CCNCc2cc[nH]c2)cnn1C. The molecule has 4 heteroatoms. The molecule has 0 unspecified atom stereocenters. The summed E-state index contributed by atoms with van der Waals surface area (Å²) in [5.74, 6) is 0.